The summed E-state index contributed by atoms with van der Waals surface area (Å²) in [7, 11) is 2.23. The first-order valence-corrected chi connectivity index (χ1v) is 4.67. The van der Waals surface area contributed by atoms with Crippen molar-refractivity contribution >= 4 is 0 Å². The Bertz CT molecular complexity index is 110. The van der Waals surface area contributed by atoms with E-state index in [1.165, 1.54) is 19.3 Å². The van der Waals surface area contributed by atoms with Gasteiger partial charge in [-0.3, -0.25) is 0 Å². The van der Waals surface area contributed by atoms with Crippen LogP contribution in [0, 0.1) is 0 Å². The fourth-order valence-electron chi connectivity index (χ4n) is 1.60. The Hall–Kier alpha value is -0.0800. The molecule has 0 radical (unpaired) electrons. The van der Waals surface area contributed by atoms with E-state index in [0.29, 0.717) is 6.04 Å². The summed E-state index contributed by atoms with van der Waals surface area (Å²) >= 11 is 0. The minimum absolute atomic E-state index is 0.672. The highest BCUT2D eigenvalue weighted by molar-refractivity contribution is 4.80. The molecule has 1 rings (SSSR count). The standard InChI is InChI=1S/C9H20N2/c1-8(6-7-10)11(2)9-4-3-5-9/h8-9H,3-7,10H2,1-2H3. The summed E-state index contributed by atoms with van der Waals surface area (Å²) < 4.78 is 0. The summed E-state index contributed by atoms with van der Waals surface area (Å²) in [6, 6.07) is 1.53. The molecule has 0 spiro atoms. The zero-order valence-corrected chi connectivity index (χ0v) is 7.71. The zero-order chi connectivity index (χ0) is 8.27. The van der Waals surface area contributed by atoms with E-state index < -0.39 is 0 Å². The van der Waals surface area contributed by atoms with Crippen molar-refractivity contribution in [3.05, 3.63) is 0 Å². The van der Waals surface area contributed by atoms with Crippen LogP contribution in [0.25, 0.3) is 0 Å². The fourth-order valence-corrected chi connectivity index (χ4v) is 1.60. The molecule has 1 fully saturated rings. The molecule has 0 aromatic rings. The average Bonchev–Trinajstić information content (AvgIpc) is 1.84. The number of nitrogens with two attached hydrogens (primary N) is 1. The normalized spacial score (nSPS) is 21.8. The van der Waals surface area contributed by atoms with Crippen molar-refractivity contribution in [1.29, 1.82) is 0 Å². The molecular formula is C9H20N2. The quantitative estimate of drug-likeness (QED) is 0.663. The van der Waals surface area contributed by atoms with Crippen molar-refractivity contribution in [3.63, 3.8) is 0 Å². The Morgan fingerprint density at radius 2 is 2.18 bits per heavy atom. The largest absolute Gasteiger partial charge is 0.330 e. The highest BCUT2D eigenvalue weighted by atomic mass is 15.2. The first-order chi connectivity index (χ1) is 5.25. The van der Waals surface area contributed by atoms with Gasteiger partial charge in [0.15, 0.2) is 0 Å². The van der Waals surface area contributed by atoms with Gasteiger partial charge in [0, 0.05) is 12.1 Å². The first-order valence-electron chi connectivity index (χ1n) is 4.67. The lowest BCUT2D eigenvalue weighted by atomic mass is 9.90. The third-order valence-electron chi connectivity index (χ3n) is 2.93. The molecule has 2 nitrogen and oxygen atoms in total. The van der Waals surface area contributed by atoms with Crippen molar-refractivity contribution in [1.82, 2.24) is 4.90 Å². The van der Waals surface area contributed by atoms with E-state index in [1.54, 1.807) is 0 Å². The molecule has 1 atom stereocenters. The van der Waals surface area contributed by atoms with Crippen molar-refractivity contribution < 1.29 is 0 Å². The predicted molar refractivity (Wildman–Crippen MR) is 48.5 cm³/mol. The van der Waals surface area contributed by atoms with Crippen molar-refractivity contribution in [3.8, 4) is 0 Å². The van der Waals surface area contributed by atoms with E-state index >= 15 is 0 Å². The van der Waals surface area contributed by atoms with Crippen LogP contribution in [0.15, 0.2) is 0 Å². The second-order valence-electron chi connectivity index (χ2n) is 3.68. The summed E-state index contributed by atoms with van der Waals surface area (Å²) in [5.41, 5.74) is 5.50. The maximum absolute atomic E-state index is 5.50. The van der Waals surface area contributed by atoms with Crippen LogP contribution in [0.2, 0.25) is 0 Å². The molecule has 1 aliphatic rings. The van der Waals surface area contributed by atoms with Gasteiger partial charge in [-0.25, -0.2) is 0 Å². The van der Waals surface area contributed by atoms with Gasteiger partial charge in [0.2, 0.25) is 0 Å². The third kappa shape index (κ3) is 2.17. The van der Waals surface area contributed by atoms with Crippen LogP contribution in [0.4, 0.5) is 0 Å². The van der Waals surface area contributed by atoms with Crippen molar-refractivity contribution in [2.24, 2.45) is 5.73 Å². The van der Waals surface area contributed by atoms with Gasteiger partial charge in [-0.2, -0.15) is 0 Å². The van der Waals surface area contributed by atoms with Gasteiger partial charge in [0.1, 0.15) is 0 Å². The Kier molecular flexibility index (Phi) is 3.34. The SMILES string of the molecule is CC(CCN)N(C)C1CCC1. The number of hydrogen-bond donors (Lipinski definition) is 1. The van der Waals surface area contributed by atoms with E-state index in [9.17, 15) is 0 Å². The maximum atomic E-state index is 5.50. The van der Waals surface area contributed by atoms with Gasteiger partial charge in [-0.15, -0.1) is 0 Å². The molecule has 0 bridgehead atoms. The van der Waals surface area contributed by atoms with E-state index in [-0.39, 0.29) is 0 Å². The second-order valence-corrected chi connectivity index (χ2v) is 3.68. The molecule has 1 saturated carbocycles. The smallest absolute Gasteiger partial charge is 0.00950 e. The van der Waals surface area contributed by atoms with Gasteiger partial charge in [0.05, 0.1) is 0 Å². The summed E-state index contributed by atoms with van der Waals surface area (Å²) in [6.07, 6.45) is 5.34. The highest BCUT2D eigenvalue weighted by Crippen LogP contribution is 2.25. The lowest BCUT2D eigenvalue weighted by Gasteiger charge is -2.38. The van der Waals surface area contributed by atoms with Crippen molar-refractivity contribution in [2.45, 2.75) is 44.7 Å². The van der Waals surface area contributed by atoms with Gasteiger partial charge in [-0.05, 0) is 39.8 Å². The Morgan fingerprint density at radius 1 is 1.55 bits per heavy atom. The van der Waals surface area contributed by atoms with Crippen LogP contribution in [0.5, 0.6) is 0 Å². The van der Waals surface area contributed by atoms with Gasteiger partial charge >= 0.3 is 0 Å². The predicted octanol–water partition coefficient (Wildman–Crippen LogP) is 1.21. The molecule has 1 unspecified atom stereocenters. The lowest BCUT2D eigenvalue weighted by Crippen LogP contribution is -2.43. The van der Waals surface area contributed by atoms with Crippen molar-refractivity contribution in [2.75, 3.05) is 13.6 Å². The van der Waals surface area contributed by atoms with Crippen LogP contribution >= 0.6 is 0 Å². The minimum atomic E-state index is 0.672. The average molecular weight is 156 g/mol. The molecule has 0 aromatic heterocycles. The molecule has 2 N–H and O–H groups in total. The maximum Gasteiger partial charge on any atom is 0.00950 e. The molecule has 2 heteroatoms. The fraction of sp³-hybridized carbons (Fsp3) is 1.00. The molecule has 0 heterocycles. The number of rotatable bonds is 4. The Labute approximate surface area is 69.8 Å². The minimum Gasteiger partial charge on any atom is -0.330 e. The van der Waals surface area contributed by atoms with Crippen LogP contribution < -0.4 is 5.73 Å². The topological polar surface area (TPSA) is 29.3 Å². The molecule has 1 aliphatic carbocycles. The molecule has 0 aliphatic heterocycles. The van der Waals surface area contributed by atoms with E-state index in [1.807, 2.05) is 0 Å². The molecule has 66 valence electrons. The number of nitrogens with zero attached hydrogens (tertiary/aromatic N) is 1. The summed E-state index contributed by atoms with van der Waals surface area (Å²) in [4.78, 5) is 2.48. The molecular weight excluding hydrogens is 136 g/mol. The summed E-state index contributed by atoms with van der Waals surface area (Å²) in [5.74, 6) is 0. The highest BCUT2D eigenvalue weighted by Gasteiger charge is 2.24. The van der Waals surface area contributed by atoms with E-state index in [0.717, 1.165) is 19.0 Å². The number of hydrogen-bond acceptors (Lipinski definition) is 2. The molecule has 0 saturated heterocycles. The molecule has 0 aromatic carbocycles. The van der Waals surface area contributed by atoms with E-state index in [4.69, 9.17) is 5.73 Å². The second kappa shape index (κ2) is 4.07. The molecule has 0 amide bonds. The van der Waals surface area contributed by atoms with Gasteiger partial charge in [-0.1, -0.05) is 6.42 Å². The Balaban J connectivity index is 2.21. The van der Waals surface area contributed by atoms with Crippen LogP contribution in [0.1, 0.15) is 32.6 Å². The third-order valence-corrected chi connectivity index (χ3v) is 2.93. The lowest BCUT2D eigenvalue weighted by molar-refractivity contribution is 0.115. The summed E-state index contributed by atoms with van der Waals surface area (Å²) in [6.45, 7) is 3.09. The van der Waals surface area contributed by atoms with Crippen LogP contribution in [0.3, 0.4) is 0 Å². The first kappa shape index (κ1) is 9.01. The Morgan fingerprint density at radius 3 is 2.55 bits per heavy atom. The zero-order valence-electron chi connectivity index (χ0n) is 7.71. The van der Waals surface area contributed by atoms with Crippen LogP contribution in [-0.4, -0.2) is 30.6 Å². The van der Waals surface area contributed by atoms with Gasteiger partial charge < -0.3 is 10.6 Å². The molecule has 11 heavy (non-hydrogen) atoms. The van der Waals surface area contributed by atoms with E-state index in [2.05, 4.69) is 18.9 Å². The van der Waals surface area contributed by atoms with Gasteiger partial charge in [0.25, 0.3) is 0 Å². The monoisotopic (exact) mass is 156 g/mol. The summed E-state index contributed by atoms with van der Waals surface area (Å²) in [5, 5.41) is 0. The van der Waals surface area contributed by atoms with Crippen LogP contribution in [-0.2, 0) is 0 Å².